The molecular weight excluding hydrogens is 656 g/mol. The van der Waals surface area contributed by atoms with Crippen LogP contribution in [0.1, 0.15) is 69.2 Å². The third-order valence-corrected chi connectivity index (χ3v) is 6.08. The van der Waals surface area contributed by atoms with E-state index in [9.17, 15) is 9.59 Å². The molecule has 0 amide bonds. The Morgan fingerprint density at radius 3 is 0.735 bits per heavy atom. The van der Waals surface area contributed by atoms with Crippen molar-refractivity contribution in [2.45, 2.75) is 105 Å². The van der Waals surface area contributed by atoms with Crippen molar-refractivity contribution in [3.63, 3.8) is 0 Å². The second-order valence-electron chi connectivity index (χ2n) is 9.22. The molecular formula is C32H56O17. The Hall–Kier alpha value is -2.10. The second-order valence-corrected chi connectivity index (χ2v) is 9.22. The minimum absolute atomic E-state index is 0.198. The summed E-state index contributed by atoms with van der Waals surface area (Å²) in [5.74, 6) is -19.8. The molecule has 49 heavy (non-hydrogen) atoms. The number of ether oxygens (including phenoxy) is 15. The van der Waals surface area contributed by atoms with E-state index < -0.39 is 47.8 Å². The fourth-order valence-electron chi connectivity index (χ4n) is 4.72. The highest BCUT2D eigenvalue weighted by Gasteiger charge is 2.82. The maximum absolute atomic E-state index is 13.3. The smallest absolute Gasteiger partial charge is 0.398 e. The van der Waals surface area contributed by atoms with Crippen LogP contribution in [0.5, 0.6) is 0 Å². The van der Waals surface area contributed by atoms with Crippen molar-refractivity contribution in [2.24, 2.45) is 0 Å². The third kappa shape index (κ3) is 9.42. The lowest BCUT2D eigenvalue weighted by Crippen LogP contribution is -2.73. The topological polar surface area (TPSA) is 173 Å². The number of carbonyl (C=O) groups is 2. The fraction of sp³-hybridized carbons (Fsp3) is 0.812. The average Bonchev–Trinajstić information content (AvgIpc) is 3.06. The molecule has 0 spiro atoms. The summed E-state index contributed by atoms with van der Waals surface area (Å²) in [5.41, 5.74) is 0. The van der Waals surface area contributed by atoms with Crippen molar-refractivity contribution in [2.75, 3.05) is 66.1 Å². The Morgan fingerprint density at radius 1 is 0.388 bits per heavy atom. The molecule has 1 rings (SSSR count). The van der Waals surface area contributed by atoms with Crippen LogP contribution in [0.15, 0.2) is 25.3 Å². The second kappa shape index (κ2) is 20.7. The first-order valence-electron chi connectivity index (χ1n) is 16.6. The van der Waals surface area contributed by atoms with Gasteiger partial charge in [0.25, 0.3) is 0 Å². The molecule has 1 saturated heterocycles. The van der Waals surface area contributed by atoms with Gasteiger partial charge in [-0.25, -0.2) is 19.1 Å². The Morgan fingerprint density at radius 2 is 0.551 bits per heavy atom. The van der Waals surface area contributed by atoms with Crippen molar-refractivity contribution in [1.29, 1.82) is 0 Å². The van der Waals surface area contributed by atoms with E-state index in [2.05, 4.69) is 13.2 Å². The highest BCUT2D eigenvalue weighted by Crippen LogP contribution is 2.53. The van der Waals surface area contributed by atoms with Gasteiger partial charge in [-0.1, -0.05) is 13.2 Å². The molecule has 2 atom stereocenters. The summed E-state index contributed by atoms with van der Waals surface area (Å²) in [5, 5.41) is 0. The largest absolute Gasteiger partial charge is 0.421 e. The molecule has 286 valence electrons. The standard InChI is InChI=1S/C32H56O17/c1-13-25(33)45-31(43-23-11)29(39-19-7,40-20-8)47-30(41-21-9,42-22-10)32(44-24-12,46-26(34)14-2)49-28(37-17-5,38-18-6)27(48-31,35-15-3)36-16-4/h13-14H,1-2,15-24H2,3-12H3. The summed E-state index contributed by atoms with van der Waals surface area (Å²) in [7, 11) is 0. The van der Waals surface area contributed by atoms with Crippen LogP contribution in [-0.4, -0.2) is 114 Å². The zero-order valence-electron chi connectivity index (χ0n) is 30.6. The van der Waals surface area contributed by atoms with Crippen LogP contribution in [0.2, 0.25) is 0 Å². The quantitative estimate of drug-likeness (QED) is 0.0803. The van der Waals surface area contributed by atoms with E-state index in [4.69, 9.17) is 71.1 Å². The maximum atomic E-state index is 13.3. The van der Waals surface area contributed by atoms with Crippen molar-refractivity contribution in [3.05, 3.63) is 25.3 Å². The Labute approximate surface area is 289 Å². The van der Waals surface area contributed by atoms with Gasteiger partial charge in [0.1, 0.15) is 0 Å². The lowest BCUT2D eigenvalue weighted by molar-refractivity contribution is -0.641. The van der Waals surface area contributed by atoms with Gasteiger partial charge in [0, 0.05) is 65.0 Å². The number of rotatable bonds is 24. The van der Waals surface area contributed by atoms with E-state index in [1.165, 1.54) is 0 Å². The molecule has 0 saturated carbocycles. The van der Waals surface area contributed by atoms with Gasteiger partial charge in [-0.15, -0.1) is 0 Å². The average molecular weight is 713 g/mol. The molecule has 17 heteroatoms. The molecule has 0 aromatic carbocycles. The Bertz CT molecular complexity index is 920. The molecule has 1 heterocycles. The molecule has 1 aliphatic heterocycles. The third-order valence-electron chi connectivity index (χ3n) is 6.08. The van der Waals surface area contributed by atoms with Gasteiger partial charge in [0.15, 0.2) is 0 Å². The molecule has 0 aliphatic carbocycles. The van der Waals surface area contributed by atoms with Crippen molar-refractivity contribution < 1.29 is 80.6 Å². The van der Waals surface area contributed by atoms with E-state index >= 15 is 0 Å². The summed E-state index contributed by atoms with van der Waals surface area (Å²) < 4.78 is 93.3. The van der Waals surface area contributed by atoms with Crippen molar-refractivity contribution in [1.82, 2.24) is 0 Å². The van der Waals surface area contributed by atoms with E-state index in [0.717, 1.165) is 12.2 Å². The Balaban J connectivity index is 5.00. The molecule has 0 N–H and O–H groups in total. The summed E-state index contributed by atoms with van der Waals surface area (Å²) in [6.07, 6.45) is 1.65. The summed E-state index contributed by atoms with van der Waals surface area (Å²) in [4.78, 5) is 26.6. The number of carbonyl (C=O) groups excluding carboxylic acids is 2. The van der Waals surface area contributed by atoms with Gasteiger partial charge < -0.3 is 56.8 Å². The number of hydrogen-bond acceptors (Lipinski definition) is 17. The van der Waals surface area contributed by atoms with Crippen LogP contribution in [-0.2, 0) is 80.6 Å². The molecule has 2 unspecified atom stereocenters. The first kappa shape index (κ1) is 44.9. The molecule has 0 aromatic rings. The SMILES string of the molecule is C=CC(=O)OC1(OCC)OC(OCC)(OCC)C(OCC)(OCC)OC(OCC)(OC(=O)C=C)C(OCC)(OCC)OC1(OCC)OCC. The lowest BCUT2D eigenvalue weighted by Gasteiger charge is -2.50. The fourth-order valence-corrected chi connectivity index (χ4v) is 4.72. The van der Waals surface area contributed by atoms with E-state index in [-0.39, 0.29) is 66.1 Å². The minimum Gasteiger partial charge on any atom is -0.398 e. The van der Waals surface area contributed by atoms with Crippen molar-refractivity contribution in [3.8, 4) is 0 Å². The first-order valence-corrected chi connectivity index (χ1v) is 16.6. The summed E-state index contributed by atoms with van der Waals surface area (Å²) in [6.45, 7) is 20.5. The molecule has 0 bridgehead atoms. The van der Waals surface area contributed by atoms with Gasteiger partial charge in [-0.3, -0.25) is 4.74 Å². The monoisotopic (exact) mass is 712 g/mol. The van der Waals surface area contributed by atoms with Gasteiger partial charge in [-0.05, 0) is 69.2 Å². The number of esters is 2. The normalized spacial score (nSPS) is 24.2. The molecule has 0 aromatic heterocycles. The van der Waals surface area contributed by atoms with Crippen molar-refractivity contribution >= 4 is 11.9 Å². The van der Waals surface area contributed by atoms with Gasteiger partial charge >= 0.3 is 47.8 Å². The van der Waals surface area contributed by atoms with E-state index in [1.807, 2.05) is 0 Å². The first-order chi connectivity index (χ1) is 23.4. The molecule has 1 fully saturated rings. The number of hydrogen-bond donors (Lipinski definition) is 0. The maximum Gasteiger partial charge on any atom is 0.421 e. The highest BCUT2D eigenvalue weighted by molar-refractivity contribution is 5.81. The van der Waals surface area contributed by atoms with Crippen LogP contribution in [0.3, 0.4) is 0 Å². The zero-order chi connectivity index (χ0) is 37.2. The molecule has 0 radical (unpaired) electrons. The van der Waals surface area contributed by atoms with Crippen LogP contribution < -0.4 is 0 Å². The Kier molecular flexibility index (Phi) is 19.0. The van der Waals surface area contributed by atoms with Gasteiger partial charge in [0.05, 0.1) is 13.2 Å². The van der Waals surface area contributed by atoms with E-state index in [1.54, 1.807) is 69.2 Å². The lowest BCUT2D eigenvalue weighted by atomic mass is 10.3. The molecule has 17 nitrogen and oxygen atoms in total. The highest BCUT2D eigenvalue weighted by atomic mass is 17.1. The summed E-state index contributed by atoms with van der Waals surface area (Å²) in [6, 6.07) is 0. The van der Waals surface area contributed by atoms with Crippen LogP contribution in [0.4, 0.5) is 0 Å². The van der Waals surface area contributed by atoms with Gasteiger partial charge in [-0.2, -0.15) is 0 Å². The molecule has 1 aliphatic rings. The van der Waals surface area contributed by atoms with Crippen LogP contribution >= 0.6 is 0 Å². The predicted molar refractivity (Wildman–Crippen MR) is 168 cm³/mol. The zero-order valence-corrected chi connectivity index (χ0v) is 30.6. The van der Waals surface area contributed by atoms with Crippen LogP contribution in [0.25, 0.3) is 0 Å². The van der Waals surface area contributed by atoms with Crippen LogP contribution in [0, 0.1) is 0 Å². The minimum atomic E-state index is -3.03. The summed E-state index contributed by atoms with van der Waals surface area (Å²) >= 11 is 0. The predicted octanol–water partition coefficient (Wildman–Crippen LogP) is 3.80. The van der Waals surface area contributed by atoms with Gasteiger partial charge in [0.2, 0.25) is 0 Å². The van der Waals surface area contributed by atoms with E-state index in [0.29, 0.717) is 0 Å².